The maximum atomic E-state index is 12.5. The van der Waals surface area contributed by atoms with E-state index in [1.165, 1.54) is 6.21 Å². The fourth-order valence-electron chi connectivity index (χ4n) is 2.16. The molecule has 0 fully saturated rings. The Morgan fingerprint density at radius 3 is 2.52 bits per heavy atom. The van der Waals surface area contributed by atoms with E-state index in [2.05, 4.69) is 4.99 Å². The number of aliphatic imine (C=N–C) groups is 1. The van der Waals surface area contributed by atoms with Crippen molar-refractivity contribution in [2.45, 2.75) is 13.8 Å². The lowest BCUT2D eigenvalue weighted by Crippen LogP contribution is -2.30. The quantitative estimate of drug-likeness (QED) is 0.629. The Labute approximate surface area is 123 Å². The summed E-state index contributed by atoms with van der Waals surface area (Å²) in [6, 6.07) is 7.08. The number of hydrogen-bond acceptors (Lipinski definition) is 5. The zero-order valence-electron chi connectivity index (χ0n) is 12.3. The highest BCUT2D eigenvalue weighted by molar-refractivity contribution is 6.33. The van der Waals surface area contributed by atoms with Gasteiger partial charge in [-0.15, -0.1) is 0 Å². The smallest absolute Gasteiger partial charge is 0.322 e. The second-order valence-electron chi connectivity index (χ2n) is 4.56. The van der Waals surface area contributed by atoms with Gasteiger partial charge in [0.05, 0.1) is 13.7 Å². The van der Waals surface area contributed by atoms with Crippen LogP contribution in [0.3, 0.4) is 0 Å². The topological polar surface area (TPSA) is 65.0 Å². The van der Waals surface area contributed by atoms with Crippen molar-refractivity contribution in [3.8, 4) is 5.75 Å². The van der Waals surface area contributed by atoms with Crippen molar-refractivity contribution in [3.05, 3.63) is 35.5 Å². The summed E-state index contributed by atoms with van der Waals surface area (Å²) in [5, 5.41) is 0. The maximum Gasteiger partial charge on any atom is 0.322 e. The number of esters is 1. The predicted octanol–water partition coefficient (Wildman–Crippen LogP) is 2.26. The van der Waals surface area contributed by atoms with Gasteiger partial charge in [-0.25, -0.2) is 0 Å². The van der Waals surface area contributed by atoms with Crippen LogP contribution >= 0.6 is 0 Å². The Bertz CT molecular complexity index is 614. The Hall–Kier alpha value is -2.43. The summed E-state index contributed by atoms with van der Waals surface area (Å²) in [5.74, 6) is -1.12. The van der Waals surface area contributed by atoms with Gasteiger partial charge in [0.15, 0.2) is 11.7 Å². The molecule has 0 aliphatic carbocycles. The number of carbonyl (C=O) groups is 2. The second kappa shape index (κ2) is 6.35. The second-order valence-corrected chi connectivity index (χ2v) is 4.56. The van der Waals surface area contributed by atoms with Gasteiger partial charge in [-0.1, -0.05) is 12.1 Å². The molecule has 21 heavy (non-hydrogen) atoms. The molecule has 1 atom stereocenters. The largest absolute Gasteiger partial charge is 0.497 e. The van der Waals surface area contributed by atoms with Gasteiger partial charge in [-0.2, -0.15) is 0 Å². The summed E-state index contributed by atoms with van der Waals surface area (Å²) in [4.78, 5) is 28.5. The maximum absolute atomic E-state index is 12.5. The molecule has 0 spiro atoms. The van der Waals surface area contributed by atoms with Crippen LogP contribution in [-0.2, 0) is 14.3 Å². The fourth-order valence-corrected chi connectivity index (χ4v) is 2.16. The van der Waals surface area contributed by atoms with Gasteiger partial charge in [-0.3, -0.25) is 14.6 Å². The zero-order chi connectivity index (χ0) is 15.4. The van der Waals surface area contributed by atoms with Gasteiger partial charge in [0, 0.05) is 17.5 Å². The van der Waals surface area contributed by atoms with Crippen LogP contribution < -0.4 is 4.74 Å². The van der Waals surface area contributed by atoms with Crippen LogP contribution in [0.2, 0.25) is 0 Å². The van der Waals surface area contributed by atoms with E-state index in [-0.39, 0.29) is 12.4 Å². The molecular weight excluding hydrogens is 270 g/mol. The Morgan fingerprint density at radius 1 is 1.29 bits per heavy atom. The number of nitrogens with zero attached hydrogens (tertiary/aromatic N) is 1. The van der Waals surface area contributed by atoms with Gasteiger partial charge in [0.25, 0.3) is 0 Å². The Balaban J connectivity index is 2.34. The third-order valence-corrected chi connectivity index (χ3v) is 3.23. The first-order chi connectivity index (χ1) is 10.1. The van der Waals surface area contributed by atoms with Crippen molar-refractivity contribution in [2.75, 3.05) is 13.7 Å². The van der Waals surface area contributed by atoms with Crippen LogP contribution in [0.1, 0.15) is 19.4 Å². The number of allylic oxidation sites excluding steroid dienone is 2. The lowest BCUT2D eigenvalue weighted by Gasteiger charge is -2.18. The molecule has 0 N–H and O–H groups in total. The van der Waals surface area contributed by atoms with Gasteiger partial charge < -0.3 is 9.47 Å². The molecule has 1 aliphatic heterocycles. The van der Waals surface area contributed by atoms with E-state index in [1.54, 1.807) is 45.2 Å². The van der Waals surface area contributed by atoms with Crippen molar-refractivity contribution >= 4 is 23.5 Å². The van der Waals surface area contributed by atoms with E-state index in [9.17, 15) is 9.59 Å². The molecule has 0 saturated heterocycles. The van der Waals surface area contributed by atoms with Crippen molar-refractivity contribution in [3.63, 3.8) is 0 Å². The van der Waals surface area contributed by atoms with Crippen molar-refractivity contribution in [1.82, 2.24) is 0 Å². The molecule has 0 radical (unpaired) electrons. The average Bonchev–Trinajstić information content (AvgIpc) is 2.48. The molecular formula is C16H17NO4. The van der Waals surface area contributed by atoms with Crippen LogP contribution in [0.25, 0.3) is 5.57 Å². The first kappa shape index (κ1) is 15.0. The Morgan fingerprint density at radius 2 is 1.95 bits per heavy atom. The van der Waals surface area contributed by atoms with E-state index in [0.717, 1.165) is 0 Å². The summed E-state index contributed by atoms with van der Waals surface area (Å²) in [5.41, 5.74) is 1.74. The molecule has 0 saturated carbocycles. The number of benzene rings is 1. The van der Waals surface area contributed by atoms with Crippen LogP contribution in [0.15, 0.2) is 35.0 Å². The van der Waals surface area contributed by atoms with Crippen LogP contribution in [-0.4, -0.2) is 31.7 Å². The summed E-state index contributed by atoms with van der Waals surface area (Å²) in [6.45, 7) is 3.68. The van der Waals surface area contributed by atoms with Crippen molar-refractivity contribution in [2.24, 2.45) is 10.9 Å². The number of ketones is 1. The SMILES string of the molecule is CCOC(=O)C1C=NC(C)=C(c2ccc(OC)cc2)C1=O. The minimum atomic E-state index is -0.967. The van der Waals surface area contributed by atoms with E-state index in [1.807, 2.05) is 0 Å². The predicted molar refractivity (Wildman–Crippen MR) is 79.2 cm³/mol. The third kappa shape index (κ3) is 3.02. The number of ether oxygens (including phenoxy) is 2. The molecule has 0 bridgehead atoms. The van der Waals surface area contributed by atoms with E-state index >= 15 is 0 Å². The van der Waals surface area contributed by atoms with E-state index < -0.39 is 11.9 Å². The first-order valence-electron chi connectivity index (χ1n) is 6.68. The van der Waals surface area contributed by atoms with Crippen LogP contribution in [0.4, 0.5) is 0 Å². The van der Waals surface area contributed by atoms with Gasteiger partial charge >= 0.3 is 5.97 Å². The lowest BCUT2D eigenvalue weighted by atomic mass is 9.90. The molecule has 1 aromatic rings. The van der Waals surface area contributed by atoms with Crippen LogP contribution in [0, 0.1) is 5.92 Å². The average molecular weight is 287 g/mol. The number of carbonyl (C=O) groups excluding carboxylic acids is 2. The third-order valence-electron chi connectivity index (χ3n) is 3.23. The van der Waals surface area contributed by atoms with E-state index in [4.69, 9.17) is 9.47 Å². The standard InChI is InChI=1S/C16H17NO4/c1-4-21-16(19)13-9-17-10(2)14(15(13)18)11-5-7-12(20-3)8-6-11/h5-9,13H,4H2,1-3H3. The van der Waals surface area contributed by atoms with Gasteiger partial charge in [0.1, 0.15) is 5.75 Å². The minimum Gasteiger partial charge on any atom is -0.497 e. The van der Waals surface area contributed by atoms with Gasteiger partial charge in [-0.05, 0) is 31.5 Å². The zero-order valence-corrected chi connectivity index (χ0v) is 12.3. The normalized spacial score (nSPS) is 17.9. The molecule has 110 valence electrons. The fraction of sp³-hybridized carbons (Fsp3) is 0.312. The molecule has 1 heterocycles. The number of hydrogen-bond donors (Lipinski definition) is 0. The number of methoxy groups -OCH3 is 1. The van der Waals surface area contributed by atoms with Gasteiger partial charge in [0.2, 0.25) is 0 Å². The molecule has 2 rings (SSSR count). The number of Topliss-reactive ketones (excluding diaryl/α,β-unsaturated/α-hetero) is 1. The minimum absolute atomic E-state index is 0.233. The molecule has 5 nitrogen and oxygen atoms in total. The molecule has 0 aromatic heterocycles. The van der Waals surface area contributed by atoms with Crippen molar-refractivity contribution < 1.29 is 19.1 Å². The Kier molecular flexibility index (Phi) is 4.52. The first-order valence-corrected chi connectivity index (χ1v) is 6.68. The van der Waals surface area contributed by atoms with E-state index in [0.29, 0.717) is 22.6 Å². The van der Waals surface area contributed by atoms with Crippen molar-refractivity contribution in [1.29, 1.82) is 0 Å². The van der Waals surface area contributed by atoms with Crippen LogP contribution in [0.5, 0.6) is 5.75 Å². The molecule has 5 heteroatoms. The lowest BCUT2D eigenvalue weighted by molar-refractivity contribution is -0.147. The summed E-state index contributed by atoms with van der Waals surface area (Å²) in [6.07, 6.45) is 1.35. The molecule has 0 amide bonds. The summed E-state index contributed by atoms with van der Waals surface area (Å²) in [7, 11) is 1.58. The highest BCUT2D eigenvalue weighted by atomic mass is 16.5. The molecule has 1 aliphatic rings. The molecule has 1 aromatic carbocycles. The summed E-state index contributed by atoms with van der Waals surface area (Å²) >= 11 is 0. The monoisotopic (exact) mass is 287 g/mol. The number of rotatable bonds is 4. The summed E-state index contributed by atoms with van der Waals surface area (Å²) < 4.78 is 10.0. The highest BCUT2D eigenvalue weighted by Crippen LogP contribution is 2.28. The highest BCUT2D eigenvalue weighted by Gasteiger charge is 2.33. The molecule has 1 unspecified atom stereocenters.